The van der Waals surface area contributed by atoms with Gasteiger partial charge in [-0.3, -0.25) is 4.79 Å². The van der Waals surface area contributed by atoms with E-state index in [0.717, 1.165) is 43.2 Å². The molecule has 1 aromatic carbocycles. The van der Waals surface area contributed by atoms with Crippen molar-refractivity contribution in [3.05, 3.63) is 29.8 Å². The molecule has 1 aliphatic carbocycles. The molecule has 2 aliphatic heterocycles. The van der Waals surface area contributed by atoms with Gasteiger partial charge >= 0.3 is 0 Å². The summed E-state index contributed by atoms with van der Waals surface area (Å²) in [5, 5.41) is 3.25. The van der Waals surface area contributed by atoms with Gasteiger partial charge in [0.2, 0.25) is 5.91 Å². The van der Waals surface area contributed by atoms with Crippen LogP contribution in [0.15, 0.2) is 24.3 Å². The van der Waals surface area contributed by atoms with Gasteiger partial charge in [-0.2, -0.15) is 0 Å². The maximum atomic E-state index is 12.5. The number of nitrogens with zero attached hydrogens (tertiary/aromatic N) is 1. The van der Waals surface area contributed by atoms with E-state index in [1.54, 1.807) is 0 Å². The number of hydrogen-bond donors (Lipinski definition) is 1. The Bertz CT molecular complexity index is 548. The molecule has 2 fully saturated rings. The quantitative estimate of drug-likeness (QED) is 0.926. The van der Waals surface area contributed by atoms with Crippen LogP contribution in [0.1, 0.15) is 37.2 Å². The summed E-state index contributed by atoms with van der Waals surface area (Å²) in [6.45, 7) is 3.99. The first-order chi connectivity index (χ1) is 10.8. The highest BCUT2D eigenvalue weighted by atomic mass is 16.5. The minimum atomic E-state index is -0.138. The van der Waals surface area contributed by atoms with Crippen LogP contribution in [0.4, 0.5) is 0 Å². The third kappa shape index (κ3) is 2.98. The Morgan fingerprint density at radius 2 is 1.95 bits per heavy atom. The highest BCUT2D eigenvalue weighted by Gasteiger charge is 2.32. The number of para-hydroxylation sites is 1. The van der Waals surface area contributed by atoms with Crippen molar-refractivity contribution in [3.8, 4) is 5.75 Å². The fourth-order valence-corrected chi connectivity index (χ4v) is 3.61. The van der Waals surface area contributed by atoms with Crippen LogP contribution in [0, 0.1) is 5.92 Å². The fourth-order valence-electron chi connectivity index (χ4n) is 3.61. The molecule has 3 aliphatic rings. The zero-order valence-corrected chi connectivity index (χ0v) is 13.0. The smallest absolute Gasteiger partial charge is 0.231 e. The summed E-state index contributed by atoms with van der Waals surface area (Å²) >= 11 is 0. The molecule has 4 nitrogen and oxygen atoms in total. The molecule has 0 spiro atoms. The van der Waals surface area contributed by atoms with Gasteiger partial charge in [-0.25, -0.2) is 0 Å². The molecule has 0 aromatic heterocycles. The molecular formula is C18H24N2O2. The van der Waals surface area contributed by atoms with Gasteiger partial charge in [0, 0.05) is 31.2 Å². The summed E-state index contributed by atoms with van der Waals surface area (Å²) in [7, 11) is 0. The van der Waals surface area contributed by atoms with E-state index in [4.69, 9.17) is 4.74 Å². The zero-order chi connectivity index (χ0) is 14.9. The van der Waals surface area contributed by atoms with Gasteiger partial charge in [0.15, 0.2) is 0 Å². The Kier molecular flexibility index (Phi) is 3.78. The van der Waals surface area contributed by atoms with E-state index in [1.807, 2.05) is 24.3 Å². The molecule has 1 unspecified atom stereocenters. The van der Waals surface area contributed by atoms with Crippen LogP contribution < -0.4 is 10.1 Å². The van der Waals surface area contributed by atoms with Crippen molar-refractivity contribution in [1.82, 2.24) is 10.2 Å². The average molecular weight is 300 g/mol. The van der Waals surface area contributed by atoms with Crippen molar-refractivity contribution in [1.29, 1.82) is 0 Å². The molecule has 0 radical (unpaired) electrons. The van der Waals surface area contributed by atoms with Crippen molar-refractivity contribution in [2.75, 3.05) is 26.2 Å². The number of amides is 1. The molecule has 4 heteroatoms. The first-order valence-electron chi connectivity index (χ1n) is 8.54. The van der Waals surface area contributed by atoms with Crippen molar-refractivity contribution in [2.45, 2.75) is 37.6 Å². The topological polar surface area (TPSA) is 41.6 Å². The van der Waals surface area contributed by atoms with Crippen molar-refractivity contribution in [2.24, 2.45) is 5.92 Å². The molecule has 1 amide bonds. The van der Waals surface area contributed by atoms with E-state index in [1.165, 1.54) is 19.4 Å². The number of carbonyl (C=O) groups is 1. The lowest BCUT2D eigenvalue weighted by Gasteiger charge is -2.32. The van der Waals surface area contributed by atoms with Crippen LogP contribution in [0.25, 0.3) is 0 Å². The third-order valence-corrected chi connectivity index (χ3v) is 5.16. The van der Waals surface area contributed by atoms with Gasteiger partial charge in [-0.1, -0.05) is 18.2 Å². The monoisotopic (exact) mass is 300 g/mol. The normalized spacial score (nSPS) is 25.5. The van der Waals surface area contributed by atoms with Gasteiger partial charge in [0.25, 0.3) is 0 Å². The highest BCUT2D eigenvalue weighted by Crippen LogP contribution is 2.34. The SMILES string of the molecule is O=C(NC1CCN(CC2CC2)CC1)C1COc2ccccc21. The van der Waals surface area contributed by atoms with Crippen LogP contribution in [0.3, 0.4) is 0 Å². The van der Waals surface area contributed by atoms with Crippen molar-refractivity contribution in [3.63, 3.8) is 0 Å². The molecule has 1 atom stereocenters. The molecule has 2 heterocycles. The third-order valence-electron chi connectivity index (χ3n) is 5.16. The molecular weight excluding hydrogens is 276 g/mol. The average Bonchev–Trinajstić information content (AvgIpc) is 3.25. The number of likely N-dealkylation sites (tertiary alicyclic amines) is 1. The van der Waals surface area contributed by atoms with E-state index in [2.05, 4.69) is 10.2 Å². The van der Waals surface area contributed by atoms with Gasteiger partial charge < -0.3 is 15.0 Å². The largest absolute Gasteiger partial charge is 0.492 e. The molecule has 118 valence electrons. The van der Waals surface area contributed by atoms with Gasteiger partial charge in [0.05, 0.1) is 0 Å². The lowest BCUT2D eigenvalue weighted by molar-refractivity contribution is -0.123. The van der Waals surface area contributed by atoms with Crippen molar-refractivity contribution >= 4 is 5.91 Å². The summed E-state index contributed by atoms with van der Waals surface area (Å²) in [5.74, 6) is 1.81. The zero-order valence-electron chi connectivity index (χ0n) is 13.0. The molecule has 22 heavy (non-hydrogen) atoms. The number of fused-ring (bicyclic) bond motifs is 1. The van der Waals surface area contributed by atoms with E-state index in [9.17, 15) is 4.79 Å². The minimum absolute atomic E-state index is 0.130. The molecule has 1 saturated carbocycles. The summed E-state index contributed by atoms with van der Waals surface area (Å²) < 4.78 is 5.62. The highest BCUT2D eigenvalue weighted by molar-refractivity contribution is 5.85. The Morgan fingerprint density at radius 3 is 2.73 bits per heavy atom. The number of nitrogens with one attached hydrogen (secondary N) is 1. The molecule has 1 saturated heterocycles. The van der Waals surface area contributed by atoms with E-state index < -0.39 is 0 Å². The van der Waals surface area contributed by atoms with Crippen LogP contribution in [0.5, 0.6) is 5.75 Å². The summed E-state index contributed by atoms with van der Waals surface area (Å²) in [5.41, 5.74) is 1.03. The van der Waals surface area contributed by atoms with Crippen LogP contribution >= 0.6 is 0 Å². The summed E-state index contributed by atoms with van der Waals surface area (Å²) in [6.07, 6.45) is 4.98. The minimum Gasteiger partial charge on any atom is -0.492 e. The summed E-state index contributed by atoms with van der Waals surface area (Å²) in [6, 6.07) is 8.21. The van der Waals surface area contributed by atoms with E-state index >= 15 is 0 Å². The number of hydrogen-bond acceptors (Lipinski definition) is 3. The maximum Gasteiger partial charge on any atom is 0.231 e. The Hall–Kier alpha value is -1.55. The fraction of sp³-hybridized carbons (Fsp3) is 0.611. The second-order valence-electron chi connectivity index (χ2n) is 6.93. The predicted molar refractivity (Wildman–Crippen MR) is 85.0 cm³/mol. The van der Waals surface area contributed by atoms with Crippen LogP contribution in [-0.2, 0) is 4.79 Å². The first-order valence-corrected chi connectivity index (χ1v) is 8.54. The lowest BCUT2D eigenvalue weighted by atomic mass is 9.98. The predicted octanol–water partition coefficient (Wildman–Crippen LogP) is 2.15. The van der Waals surface area contributed by atoms with E-state index in [-0.39, 0.29) is 11.8 Å². The Morgan fingerprint density at radius 1 is 1.18 bits per heavy atom. The standard InChI is InChI=1S/C18H24N2O2/c21-18(16-12-22-17-4-2-1-3-15(16)17)19-14-7-9-20(10-8-14)11-13-5-6-13/h1-4,13-14,16H,5-12H2,(H,19,21). The molecule has 0 bridgehead atoms. The van der Waals surface area contributed by atoms with Gasteiger partial charge in [-0.05, 0) is 37.7 Å². The number of carbonyl (C=O) groups excluding carboxylic acids is 1. The first kappa shape index (κ1) is 14.1. The Labute approximate surface area is 131 Å². The van der Waals surface area contributed by atoms with Crippen LogP contribution in [-0.4, -0.2) is 43.1 Å². The van der Waals surface area contributed by atoms with Gasteiger partial charge in [0.1, 0.15) is 18.3 Å². The number of ether oxygens (including phenoxy) is 1. The molecule has 1 aromatic rings. The number of rotatable bonds is 4. The summed E-state index contributed by atoms with van der Waals surface area (Å²) in [4.78, 5) is 15.1. The number of piperidine rings is 1. The van der Waals surface area contributed by atoms with Crippen LogP contribution in [0.2, 0.25) is 0 Å². The molecule has 1 N–H and O–H groups in total. The second kappa shape index (κ2) is 5.92. The molecule has 4 rings (SSSR count). The van der Waals surface area contributed by atoms with E-state index in [0.29, 0.717) is 12.6 Å². The second-order valence-corrected chi connectivity index (χ2v) is 6.93. The van der Waals surface area contributed by atoms with Crippen molar-refractivity contribution < 1.29 is 9.53 Å². The Balaban J connectivity index is 1.30. The van der Waals surface area contributed by atoms with Gasteiger partial charge in [-0.15, -0.1) is 0 Å². The number of benzene rings is 1. The lowest BCUT2D eigenvalue weighted by Crippen LogP contribution is -2.46. The maximum absolute atomic E-state index is 12.5.